The summed E-state index contributed by atoms with van der Waals surface area (Å²) in [4.78, 5) is 53.1. The average molecular weight is 2020 g/mol. The number of nitrogens with zero attached hydrogens (tertiary/aromatic N) is 15. The van der Waals surface area contributed by atoms with Crippen LogP contribution in [-0.4, -0.2) is 215 Å². The Bertz CT molecular complexity index is 7200. The van der Waals surface area contributed by atoms with Gasteiger partial charge in [0.2, 0.25) is 35.0 Å². The van der Waals surface area contributed by atoms with E-state index in [1.807, 2.05) is 209 Å². The number of β-amino-alcohol motifs (C(OH)–C–C–N with tert-alkyl or cyclic N) is 1. The van der Waals surface area contributed by atoms with E-state index in [1.165, 1.54) is 42.7 Å². The van der Waals surface area contributed by atoms with Crippen LogP contribution in [0.2, 0.25) is 0 Å². The number of rotatable bonds is 37. The third-order valence-electron chi connectivity index (χ3n) is 23.1. The summed E-state index contributed by atoms with van der Waals surface area (Å²) in [5.41, 5.74) is 12.3. The molecule has 19 rings (SSSR count). The van der Waals surface area contributed by atoms with Gasteiger partial charge in [0, 0.05) is 125 Å². The zero-order valence-electron chi connectivity index (χ0n) is 84.5. The highest BCUT2D eigenvalue weighted by Crippen LogP contribution is 2.42. The first-order valence-corrected chi connectivity index (χ1v) is 49.0. The van der Waals surface area contributed by atoms with Crippen LogP contribution >= 0.6 is 0 Å². The predicted octanol–water partition coefficient (Wildman–Crippen LogP) is 21.7. The van der Waals surface area contributed by atoms with E-state index in [2.05, 4.69) is 94.7 Å². The maximum Gasteiger partial charge on any atom is 0.573 e. The highest BCUT2D eigenvalue weighted by atomic mass is 19.4. The van der Waals surface area contributed by atoms with Gasteiger partial charge < -0.3 is 94.8 Å². The van der Waals surface area contributed by atoms with Crippen molar-refractivity contribution in [2.24, 2.45) is 0 Å². The molecule has 17 aromatic rings. The Balaban J connectivity index is 0.000000139. The number of fused-ring (bicyclic) bond motifs is 2. The van der Waals surface area contributed by atoms with Gasteiger partial charge in [-0.2, -0.15) is 24.9 Å². The predicted molar refractivity (Wildman–Crippen MR) is 548 cm³/mol. The molecule has 2 saturated heterocycles. The first kappa shape index (κ1) is 106. The average Bonchev–Trinajstić information content (AvgIpc) is 1.62. The quantitative estimate of drug-likeness (QED) is 0.0325. The minimum Gasteiger partial charge on any atom is -0.494 e. The van der Waals surface area contributed by atoms with Gasteiger partial charge in [-0.1, -0.05) is 80.4 Å². The molecule has 10 heterocycles. The second-order valence-electron chi connectivity index (χ2n) is 33.7. The SMILES string of the molecule is CCOc1cc(OCC)cc(-c2nc(-c3cccc4[nH]cc(CN5CCCC5)c34)no2)c1.CCOc1ccc(-c2nc(-c3cc4ccccc4cn3)no2)cc1OCC.CCOc1ccc(-c2nc(-c3ccc(CN4C[C@H](O)CC4C(=O)N(C)C)cc3C)no2)cc1OCC.CCOc1ccc(-c2nc(-c3ccc(OC(F)(F)F)cc3)no2)cc1OCC.CCOc1ccc(-c2nc(-c3ccnc(CO)c3)no2)cc1OCC. The molecule has 38 heteroatoms. The molecule has 0 bridgehead atoms. The minimum absolute atomic E-state index is 0.0148. The molecule has 8 aromatic heterocycles. The zero-order chi connectivity index (χ0) is 104. The summed E-state index contributed by atoms with van der Waals surface area (Å²) in [5.74, 6) is 10.3. The summed E-state index contributed by atoms with van der Waals surface area (Å²) in [6.07, 6.45) is 3.27. The molecule has 0 saturated carbocycles. The molecule has 772 valence electrons. The van der Waals surface area contributed by atoms with Crippen LogP contribution < -0.4 is 52.1 Å². The molecule has 2 aliphatic heterocycles. The molecule has 9 aromatic carbocycles. The standard InChI is InChI=1S/C27H34N4O5.C25H28N4O3.C21H19N3O3.C19H17F3N2O4.C18H19N3O4/c1-6-34-23-11-9-19(13-24(23)35-7-2)26-28-25(29-36-26)21-10-8-18(12-17(21)3)15-31-16-20(32)14-22(31)27(33)30(4)5;1-3-30-19-12-17(13-20(14-19)31-4-2)25-27-24(28-32-25)21-8-7-9-22-23(21)18(15-26-22)16-29-10-5-6-11-29;1-3-25-18-10-9-15(12-19(18)26-4-2)21-23-20(24-27-21)17-11-14-7-5-6-8-16(14)13-22-17;1-3-25-15-10-7-13(11-16(15)26-4-2)18-23-17(24-28-18)12-5-8-14(9-6-12)27-19(20,21)22;1-3-23-15-6-5-13(10-16(15)24-4-2)18-20-17(21-25-18)12-7-8-19-14(9-12)11-22/h8-13,20,22,32H,6-7,14-16H2,1-5H3;7-9,12-15,26H,3-6,10-11,16H2,1-2H3;5-13H,3-4H2,1-2H3;5-11H,3-4H2,1-2H3;5-10,22H,3-4,11H2,1-2H3/t20-,22?;;;;/m1..../s1. The van der Waals surface area contributed by atoms with Crippen LogP contribution in [0.4, 0.5) is 13.2 Å². The van der Waals surface area contributed by atoms with Crippen LogP contribution in [0, 0.1) is 6.92 Å². The number of hydrogen-bond donors (Lipinski definition) is 3. The maximum absolute atomic E-state index is 12.6. The van der Waals surface area contributed by atoms with E-state index < -0.39 is 12.5 Å². The number of aromatic amines is 1. The van der Waals surface area contributed by atoms with E-state index in [-0.39, 0.29) is 36.0 Å². The molecule has 148 heavy (non-hydrogen) atoms. The number of hydrogen-bond acceptors (Lipinski definition) is 33. The highest BCUT2D eigenvalue weighted by molar-refractivity contribution is 5.96. The lowest BCUT2D eigenvalue weighted by Gasteiger charge is -2.26. The number of alkyl halides is 3. The molecule has 1 unspecified atom stereocenters. The van der Waals surface area contributed by atoms with E-state index in [0.717, 1.165) is 91.4 Å². The van der Waals surface area contributed by atoms with Gasteiger partial charge in [-0.15, -0.1) is 13.2 Å². The summed E-state index contributed by atoms with van der Waals surface area (Å²) >= 11 is 0. The monoisotopic (exact) mass is 2020 g/mol. The van der Waals surface area contributed by atoms with Crippen molar-refractivity contribution in [3.8, 4) is 178 Å². The summed E-state index contributed by atoms with van der Waals surface area (Å²) in [7, 11) is 3.49. The number of H-pyrrole nitrogens is 1. The van der Waals surface area contributed by atoms with Crippen LogP contribution in [0.25, 0.3) is 136 Å². The molecule has 0 aliphatic carbocycles. The fourth-order valence-electron chi connectivity index (χ4n) is 16.6. The van der Waals surface area contributed by atoms with E-state index >= 15 is 0 Å². The number of benzene rings is 9. The Morgan fingerprint density at radius 1 is 0.439 bits per heavy atom. The van der Waals surface area contributed by atoms with Crippen molar-refractivity contribution in [1.29, 1.82) is 0 Å². The number of halogens is 3. The lowest BCUT2D eigenvalue weighted by Crippen LogP contribution is -2.42. The maximum atomic E-state index is 12.6. The number of ether oxygens (including phenoxy) is 11. The fraction of sp³-hybridized carbons (Fsp3) is 0.318. The number of aromatic nitrogens is 13. The molecule has 35 nitrogen and oxygen atoms in total. The minimum atomic E-state index is -4.74. The second-order valence-corrected chi connectivity index (χ2v) is 33.7. The van der Waals surface area contributed by atoms with Gasteiger partial charge in [-0.3, -0.25) is 24.6 Å². The molecule has 2 aliphatic rings. The number of aliphatic hydroxyl groups is 2. The number of nitrogens with one attached hydrogen (secondary N) is 1. The van der Waals surface area contributed by atoms with E-state index in [9.17, 15) is 28.2 Å². The van der Waals surface area contributed by atoms with Gasteiger partial charge in [0.05, 0.1) is 90.5 Å². The summed E-state index contributed by atoms with van der Waals surface area (Å²) in [5, 5.41) is 43.1. The van der Waals surface area contributed by atoms with Gasteiger partial charge in [-0.25, -0.2) is 0 Å². The summed E-state index contributed by atoms with van der Waals surface area (Å²) in [6, 6.07) is 58.1. The largest absolute Gasteiger partial charge is 0.573 e. The molecular formula is C110H117F3N16O19. The Morgan fingerprint density at radius 2 is 0.892 bits per heavy atom. The van der Waals surface area contributed by atoms with Crippen molar-refractivity contribution >= 4 is 27.6 Å². The van der Waals surface area contributed by atoms with Crippen molar-refractivity contribution in [2.75, 3.05) is 99.8 Å². The summed E-state index contributed by atoms with van der Waals surface area (Å²) in [6.45, 7) is 30.7. The van der Waals surface area contributed by atoms with Crippen molar-refractivity contribution in [3.63, 3.8) is 0 Å². The van der Waals surface area contributed by atoms with Crippen LogP contribution in [0.1, 0.15) is 111 Å². The van der Waals surface area contributed by atoms with Crippen molar-refractivity contribution in [2.45, 2.75) is 134 Å². The lowest BCUT2D eigenvalue weighted by atomic mass is 10.0. The molecule has 1 amide bonds. The van der Waals surface area contributed by atoms with Gasteiger partial charge in [0.15, 0.2) is 46.0 Å². The van der Waals surface area contributed by atoms with Crippen molar-refractivity contribution < 1.29 is 103 Å². The Hall–Kier alpha value is -16.3. The van der Waals surface area contributed by atoms with Gasteiger partial charge in [0.25, 0.3) is 29.5 Å². The Labute approximate surface area is 852 Å². The number of aryl methyl sites for hydroxylation is 1. The second kappa shape index (κ2) is 51.0. The molecule has 0 spiro atoms. The van der Waals surface area contributed by atoms with E-state index in [4.69, 9.17) is 75.0 Å². The molecule has 0 radical (unpaired) electrons. The van der Waals surface area contributed by atoms with E-state index in [0.29, 0.717) is 212 Å². The number of carbonyl (C=O) groups excluding carboxylic acids is 1. The van der Waals surface area contributed by atoms with Gasteiger partial charge >= 0.3 is 6.36 Å². The van der Waals surface area contributed by atoms with Crippen LogP contribution in [0.15, 0.2) is 235 Å². The first-order valence-electron chi connectivity index (χ1n) is 49.0. The third-order valence-corrected chi connectivity index (χ3v) is 23.1. The smallest absolute Gasteiger partial charge is 0.494 e. The van der Waals surface area contributed by atoms with Gasteiger partial charge in [0.1, 0.15) is 22.9 Å². The van der Waals surface area contributed by atoms with Crippen LogP contribution in [0.3, 0.4) is 0 Å². The van der Waals surface area contributed by atoms with Crippen molar-refractivity contribution in [1.82, 2.24) is 80.4 Å². The number of amides is 1. The lowest BCUT2D eigenvalue weighted by molar-refractivity contribution is -0.274. The molecule has 2 atom stereocenters. The third kappa shape index (κ3) is 27.3. The summed E-state index contributed by atoms with van der Waals surface area (Å²) < 4.78 is 124. The normalized spacial score (nSPS) is 13.4. The molecular weight excluding hydrogens is 1910 g/mol. The number of carbonyl (C=O) groups is 1. The zero-order valence-corrected chi connectivity index (χ0v) is 84.5. The number of aliphatic hydroxyl groups excluding tert-OH is 2. The number of likely N-dealkylation sites (tertiary alicyclic amines) is 2. The first-order chi connectivity index (χ1) is 72.0. The molecule has 3 N–H and O–H groups in total. The topological polar surface area (TPSA) is 405 Å². The highest BCUT2D eigenvalue weighted by Gasteiger charge is 2.37. The Morgan fingerprint density at radius 3 is 1.38 bits per heavy atom. The van der Waals surface area contributed by atoms with Crippen molar-refractivity contribution in [3.05, 3.63) is 235 Å². The Kier molecular flexibility index (Phi) is 36.5. The fourth-order valence-corrected chi connectivity index (χ4v) is 16.6. The van der Waals surface area contributed by atoms with Gasteiger partial charge in [-0.05, 0) is 264 Å². The van der Waals surface area contributed by atoms with Crippen LogP contribution in [-0.2, 0) is 24.5 Å². The molecule has 2 fully saturated rings. The number of pyridine rings is 2. The van der Waals surface area contributed by atoms with E-state index in [1.54, 1.807) is 55.5 Å². The number of likely N-dealkylation sites (N-methyl/N-ethyl adjacent to an activating group) is 1. The van der Waals surface area contributed by atoms with Crippen LogP contribution in [0.5, 0.6) is 63.2 Å².